The molecule has 0 aromatic carbocycles. The zero-order valence-corrected chi connectivity index (χ0v) is 23.7. The molecular formula is C15H26N5NaO16P2-. The number of nitrogens with zero attached hydrogens (tertiary/aromatic N) is 4. The number of aliphatic hydroxyl groups is 5. The summed E-state index contributed by atoms with van der Waals surface area (Å²) in [6.07, 6.45) is -10.3. The molecule has 219 valence electrons. The Morgan fingerprint density at radius 2 is 1.54 bits per heavy atom. The first-order valence-corrected chi connectivity index (χ1v) is 13.0. The largest absolute Gasteiger partial charge is 0.756 e. The van der Waals surface area contributed by atoms with E-state index in [1.165, 1.54) is 10.9 Å². The topological polar surface area (TPSA) is 357 Å². The average Bonchev–Trinajstić information content (AvgIpc) is 3.42. The van der Waals surface area contributed by atoms with Crippen molar-refractivity contribution in [1.29, 1.82) is 0 Å². The molecule has 4 heterocycles. The number of aromatic nitrogens is 4. The van der Waals surface area contributed by atoms with Gasteiger partial charge in [0.05, 0.1) is 19.5 Å². The Bertz CT molecular complexity index is 1190. The quantitative estimate of drug-likeness (QED) is 0.102. The Kier molecular flexibility index (Phi) is 13.0. The fraction of sp³-hybridized carbons (Fsp3) is 0.667. The van der Waals surface area contributed by atoms with E-state index in [1.54, 1.807) is 0 Å². The summed E-state index contributed by atoms with van der Waals surface area (Å²) >= 11 is 0. The fourth-order valence-corrected chi connectivity index (χ4v) is 5.58. The van der Waals surface area contributed by atoms with Crippen molar-refractivity contribution in [3.05, 3.63) is 12.7 Å². The normalized spacial score (nSPS) is 33.4. The summed E-state index contributed by atoms with van der Waals surface area (Å²) in [7, 11) is -10.9. The van der Waals surface area contributed by atoms with E-state index in [2.05, 4.69) is 28.3 Å². The molecule has 39 heavy (non-hydrogen) atoms. The van der Waals surface area contributed by atoms with Crippen LogP contribution in [-0.2, 0) is 32.0 Å². The van der Waals surface area contributed by atoms with Gasteiger partial charge in [0.15, 0.2) is 24.0 Å². The predicted octanol–water partition coefficient (Wildman–Crippen LogP) is -5.94. The molecular weight excluding hydrogens is 591 g/mol. The number of ether oxygens (including phenoxy) is 2. The van der Waals surface area contributed by atoms with E-state index in [1.807, 2.05) is 0 Å². The summed E-state index contributed by atoms with van der Waals surface area (Å²) in [4.78, 5) is 33.4. The van der Waals surface area contributed by atoms with Crippen LogP contribution in [0.1, 0.15) is 6.23 Å². The molecule has 2 aromatic heterocycles. The van der Waals surface area contributed by atoms with E-state index in [9.17, 15) is 44.4 Å². The predicted molar refractivity (Wildman–Crippen MR) is 122 cm³/mol. The first-order chi connectivity index (χ1) is 16.8. The van der Waals surface area contributed by atoms with Crippen molar-refractivity contribution < 1.29 is 78.2 Å². The zero-order chi connectivity index (χ0) is 26.4. The van der Waals surface area contributed by atoms with Crippen LogP contribution in [0.4, 0.5) is 5.82 Å². The SMILES string of the molecule is Nc1ncnc2c1ncn2C1O[C@H](COP(=O)([O-])OP(=O)(O)OC[C@H]2OC(O)[C@H](O)[C@@H]2O)[C@@H](O)[C@H]1O.O.O.[Na]. The maximum atomic E-state index is 12.0. The van der Waals surface area contributed by atoms with Gasteiger partial charge >= 0.3 is 7.82 Å². The number of imidazole rings is 1. The number of nitrogen functional groups attached to an aromatic ring is 1. The number of rotatable bonds is 9. The van der Waals surface area contributed by atoms with Crippen LogP contribution in [0.5, 0.6) is 0 Å². The minimum absolute atomic E-state index is 0. The molecule has 2 aliphatic rings. The molecule has 2 aromatic rings. The van der Waals surface area contributed by atoms with E-state index < -0.39 is 78.0 Å². The van der Waals surface area contributed by atoms with Gasteiger partial charge in [-0.25, -0.2) is 23.8 Å². The number of phosphoric acid groups is 2. The maximum Gasteiger partial charge on any atom is 0.478 e. The van der Waals surface area contributed by atoms with Crippen LogP contribution in [-0.4, -0.2) is 147 Å². The van der Waals surface area contributed by atoms with Crippen LogP contribution >= 0.6 is 15.6 Å². The third-order valence-corrected chi connectivity index (χ3v) is 7.90. The van der Waals surface area contributed by atoms with Crippen molar-refractivity contribution in [2.75, 3.05) is 18.9 Å². The smallest absolute Gasteiger partial charge is 0.478 e. The molecule has 0 aliphatic carbocycles. The van der Waals surface area contributed by atoms with Gasteiger partial charge in [-0.05, 0) is 0 Å². The third-order valence-electron chi connectivity index (χ3n) is 5.34. The van der Waals surface area contributed by atoms with Crippen molar-refractivity contribution >= 4 is 62.2 Å². The summed E-state index contributed by atoms with van der Waals surface area (Å²) < 4.78 is 48.4. The Balaban J connectivity index is 0.00000253. The van der Waals surface area contributed by atoms with E-state index in [4.69, 9.17) is 15.2 Å². The first kappa shape index (κ1) is 36.3. The zero-order valence-electron chi connectivity index (χ0n) is 19.9. The molecule has 10 atom stereocenters. The Labute approximate surface area is 240 Å². The van der Waals surface area contributed by atoms with Gasteiger partial charge in [-0.1, -0.05) is 0 Å². The van der Waals surface area contributed by atoms with Crippen molar-refractivity contribution in [2.45, 2.75) is 49.1 Å². The summed E-state index contributed by atoms with van der Waals surface area (Å²) in [5, 5.41) is 48.9. The first-order valence-electron chi connectivity index (χ1n) is 10.1. The number of phosphoric ester groups is 2. The van der Waals surface area contributed by atoms with Gasteiger partial charge in [0.25, 0.3) is 7.82 Å². The van der Waals surface area contributed by atoms with Crippen molar-refractivity contribution in [1.82, 2.24) is 19.5 Å². The fourth-order valence-electron chi connectivity index (χ4n) is 3.53. The van der Waals surface area contributed by atoms with E-state index >= 15 is 0 Å². The standard InChI is InChI=1S/C15H23N5O14P2.Na.2H2O/c16-12-7-13(18-3-17-12)20(4-19-7)14-10(23)8(21)5(32-14)1-30-35(26,27)34-36(28,29)31-2-6-9(22)11(24)15(25)33-6;;;/h3-6,8-11,14-15,21-25H,1-2H2,(H,26,27)(H,28,29)(H2,16,17,18);;2*1H2/p-1/t5-,6-,8-,9-,10-,11-,14?,15?;;;/m1.../s1. The van der Waals surface area contributed by atoms with E-state index in [0.717, 1.165) is 6.33 Å². The Hall–Kier alpha value is -0.750. The molecule has 0 bridgehead atoms. The van der Waals surface area contributed by atoms with E-state index in [-0.39, 0.29) is 57.5 Å². The number of nitrogens with two attached hydrogens (primary N) is 1. The Morgan fingerprint density at radius 3 is 2.15 bits per heavy atom. The summed E-state index contributed by atoms with van der Waals surface area (Å²) in [5.41, 5.74) is 6.06. The maximum absolute atomic E-state index is 12.0. The average molecular weight is 617 g/mol. The third kappa shape index (κ3) is 7.96. The monoisotopic (exact) mass is 617 g/mol. The van der Waals surface area contributed by atoms with Gasteiger partial charge in [-0.3, -0.25) is 13.7 Å². The summed E-state index contributed by atoms with van der Waals surface area (Å²) in [5.74, 6) is 0.0492. The number of fused-ring (bicyclic) bond motifs is 1. The van der Waals surface area contributed by atoms with Crippen LogP contribution in [0.25, 0.3) is 11.2 Å². The molecule has 4 rings (SSSR count). The van der Waals surface area contributed by atoms with E-state index in [0.29, 0.717) is 0 Å². The van der Waals surface area contributed by atoms with Gasteiger partial charge in [0.1, 0.15) is 48.5 Å². The molecule has 4 unspecified atom stereocenters. The van der Waals surface area contributed by atoms with Crippen LogP contribution in [0.3, 0.4) is 0 Å². The van der Waals surface area contributed by atoms with Crippen LogP contribution in [0.2, 0.25) is 0 Å². The molecule has 0 spiro atoms. The molecule has 12 N–H and O–H groups in total. The molecule has 21 nitrogen and oxygen atoms in total. The molecule has 2 saturated heterocycles. The second-order valence-corrected chi connectivity index (χ2v) is 10.8. The molecule has 0 amide bonds. The molecule has 1 radical (unpaired) electrons. The number of hydrogen-bond acceptors (Lipinski definition) is 17. The van der Waals surface area contributed by atoms with Crippen LogP contribution in [0, 0.1) is 0 Å². The minimum atomic E-state index is -5.56. The molecule has 2 fully saturated rings. The van der Waals surface area contributed by atoms with Crippen molar-refractivity contribution in [3.63, 3.8) is 0 Å². The molecule has 24 heteroatoms. The number of anilines is 1. The van der Waals surface area contributed by atoms with Crippen LogP contribution < -0.4 is 10.6 Å². The van der Waals surface area contributed by atoms with Gasteiger partial charge in [0.2, 0.25) is 0 Å². The summed E-state index contributed by atoms with van der Waals surface area (Å²) in [6, 6.07) is 0. The summed E-state index contributed by atoms with van der Waals surface area (Å²) in [6.45, 7) is -1.88. The van der Waals surface area contributed by atoms with Crippen molar-refractivity contribution in [2.24, 2.45) is 0 Å². The molecule has 0 saturated carbocycles. The Morgan fingerprint density at radius 1 is 0.949 bits per heavy atom. The van der Waals surface area contributed by atoms with Crippen LogP contribution in [0.15, 0.2) is 12.7 Å². The number of hydrogen-bond donors (Lipinski definition) is 7. The van der Waals surface area contributed by atoms with Gasteiger partial charge in [-0.2, -0.15) is 0 Å². The second-order valence-electron chi connectivity index (χ2n) is 7.76. The van der Waals surface area contributed by atoms with Gasteiger partial charge in [0, 0.05) is 29.6 Å². The minimum Gasteiger partial charge on any atom is -0.756 e. The second kappa shape index (κ2) is 13.9. The van der Waals surface area contributed by atoms with Gasteiger partial charge in [-0.15, -0.1) is 0 Å². The van der Waals surface area contributed by atoms with Gasteiger partial charge < -0.3 is 66.0 Å². The van der Waals surface area contributed by atoms with Crippen molar-refractivity contribution in [3.8, 4) is 0 Å². The number of aliphatic hydroxyl groups excluding tert-OH is 5. The molecule has 2 aliphatic heterocycles.